The molecule has 0 radical (unpaired) electrons. The number of carbonyl (C=O) groups is 1. The molecule has 1 aliphatic rings. The number of rotatable bonds is 4. The van der Waals surface area contributed by atoms with Gasteiger partial charge in [0.2, 0.25) is 5.91 Å². The van der Waals surface area contributed by atoms with Gasteiger partial charge in [-0.05, 0) is 63.4 Å². The lowest BCUT2D eigenvalue weighted by Gasteiger charge is -2.30. The maximum absolute atomic E-state index is 12.5. The van der Waals surface area contributed by atoms with E-state index >= 15 is 0 Å². The van der Waals surface area contributed by atoms with Crippen LogP contribution < -0.4 is 5.32 Å². The molecule has 116 valence electrons. The van der Waals surface area contributed by atoms with E-state index in [4.69, 9.17) is 0 Å². The summed E-state index contributed by atoms with van der Waals surface area (Å²) in [7, 11) is 2.10. The summed E-state index contributed by atoms with van der Waals surface area (Å²) in [5.74, 6) is 0.357. The van der Waals surface area contributed by atoms with E-state index in [0.717, 1.165) is 32.4 Å². The van der Waals surface area contributed by atoms with Crippen LogP contribution in [0.15, 0.2) is 18.2 Å². The first-order valence-electron chi connectivity index (χ1n) is 8.07. The highest BCUT2D eigenvalue weighted by Crippen LogP contribution is 2.22. The number of amides is 1. The highest BCUT2D eigenvalue weighted by Gasteiger charge is 2.25. The standard InChI is InChI=1S/C18H28N2O/c1-5-17(15-9-8-13(2)14(3)11-15)19-18(21)16-7-6-10-20(4)12-16/h8-9,11,16-17H,5-7,10,12H2,1-4H3,(H,19,21)/t16-,17-/m1/s1. The Labute approximate surface area is 128 Å². The normalized spacial score (nSPS) is 21.0. The molecule has 1 heterocycles. The molecule has 0 unspecified atom stereocenters. The van der Waals surface area contributed by atoms with Crippen LogP contribution in [-0.4, -0.2) is 30.9 Å². The summed E-state index contributed by atoms with van der Waals surface area (Å²) in [5.41, 5.74) is 3.81. The van der Waals surface area contributed by atoms with Gasteiger partial charge in [-0.15, -0.1) is 0 Å². The summed E-state index contributed by atoms with van der Waals surface area (Å²) < 4.78 is 0. The van der Waals surface area contributed by atoms with Crippen molar-refractivity contribution in [2.75, 3.05) is 20.1 Å². The molecule has 1 amide bonds. The van der Waals surface area contributed by atoms with Crippen LogP contribution in [0.25, 0.3) is 0 Å². The van der Waals surface area contributed by atoms with Crippen LogP contribution in [0, 0.1) is 19.8 Å². The van der Waals surface area contributed by atoms with Gasteiger partial charge < -0.3 is 10.2 Å². The number of hydrogen-bond acceptors (Lipinski definition) is 2. The van der Waals surface area contributed by atoms with Crippen molar-refractivity contribution in [1.29, 1.82) is 0 Å². The molecule has 2 rings (SSSR count). The first-order valence-corrected chi connectivity index (χ1v) is 8.07. The van der Waals surface area contributed by atoms with Crippen LogP contribution in [0.4, 0.5) is 0 Å². The molecule has 3 heteroatoms. The van der Waals surface area contributed by atoms with Gasteiger partial charge >= 0.3 is 0 Å². The zero-order valence-corrected chi connectivity index (χ0v) is 13.8. The van der Waals surface area contributed by atoms with Crippen LogP contribution in [0.3, 0.4) is 0 Å². The molecule has 3 nitrogen and oxygen atoms in total. The predicted octanol–water partition coefficient (Wildman–Crippen LogP) is 3.21. The summed E-state index contributed by atoms with van der Waals surface area (Å²) in [6.07, 6.45) is 3.06. The summed E-state index contributed by atoms with van der Waals surface area (Å²) in [6, 6.07) is 6.62. The van der Waals surface area contributed by atoms with Crippen LogP contribution >= 0.6 is 0 Å². The molecule has 1 aromatic carbocycles. The Balaban J connectivity index is 2.04. The molecule has 0 spiro atoms. The second kappa shape index (κ2) is 7.08. The third-order valence-electron chi connectivity index (χ3n) is 4.65. The monoisotopic (exact) mass is 288 g/mol. The molecule has 0 aromatic heterocycles. The maximum Gasteiger partial charge on any atom is 0.224 e. The van der Waals surface area contributed by atoms with E-state index in [1.807, 2.05) is 0 Å². The van der Waals surface area contributed by atoms with Gasteiger partial charge in [0.1, 0.15) is 0 Å². The third kappa shape index (κ3) is 4.07. The van der Waals surface area contributed by atoms with Gasteiger partial charge in [0.15, 0.2) is 0 Å². The molecule has 1 aromatic rings. The van der Waals surface area contributed by atoms with Crippen molar-refractivity contribution in [3.63, 3.8) is 0 Å². The molecule has 2 atom stereocenters. The fraction of sp³-hybridized carbons (Fsp3) is 0.611. The van der Waals surface area contributed by atoms with Crippen molar-refractivity contribution in [3.05, 3.63) is 34.9 Å². The summed E-state index contributed by atoms with van der Waals surface area (Å²) >= 11 is 0. The van der Waals surface area contributed by atoms with Crippen molar-refractivity contribution in [2.24, 2.45) is 5.92 Å². The first kappa shape index (κ1) is 16.0. The molecule has 1 fully saturated rings. The molecule has 0 aliphatic carbocycles. The fourth-order valence-corrected chi connectivity index (χ4v) is 3.07. The number of carbonyl (C=O) groups excluding carboxylic acids is 1. The SMILES string of the molecule is CC[C@@H](NC(=O)[C@@H]1CCCN(C)C1)c1ccc(C)c(C)c1. The second-order valence-corrected chi connectivity index (χ2v) is 6.41. The largest absolute Gasteiger partial charge is 0.349 e. The zero-order chi connectivity index (χ0) is 15.4. The van der Waals surface area contributed by atoms with Crippen LogP contribution in [0.5, 0.6) is 0 Å². The predicted molar refractivity (Wildman–Crippen MR) is 87.3 cm³/mol. The van der Waals surface area contributed by atoms with E-state index in [9.17, 15) is 4.79 Å². The average Bonchev–Trinajstić information content (AvgIpc) is 2.47. The van der Waals surface area contributed by atoms with Crippen molar-refractivity contribution in [2.45, 2.75) is 46.1 Å². The topological polar surface area (TPSA) is 32.3 Å². The van der Waals surface area contributed by atoms with Gasteiger partial charge in [-0.25, -0.2) is 0 Å². The molecular weight excluding hydrogens is 260 g/mol. The van der Waals surface area contributed by atoms with Gasteiger partial charge in [0.05, 0.1) is 12.0 Å². The quantitative estimate of drug-likeness (QED) is 0.922. The van der Waals surface area contributed by atoms with Gasteiger partial charge in [-0.3, -0.25) is 4.79 Å². The lowest BCUT2D eigenvalue weighted by molar-refractivity contribution is -0.127. The number of piperidine rings is 1. The fourth-order valence-electron chi connectivity index (χ4n) is 3.07. The Morgan fingerprint density at radius 2 is 2.14 bits per heavy atom. The lowest BCUT2D eigenvalue weighted by Crippen LogP contribution is -2.42. The minimum Gasteiger partial charge on any atom is -0.349 e. The number of nitrogens with one attached hydrogen (secondary N) is 1. The molecule has 0 saturated carbocycles. The third-order valence-corrected chi connectivity index (χ3v) is 4.65. The van der Waals surface area contributed by atoms with E-state index in [1.54, 1.807) is 0 Å². The Morgan fingerprint density at radius 1 is 1.38 bits per heavy atom. The van der Waals surface area contributed by atoms with Gasteiger partial charge in [-0.1, -0.05) is 25.1 Å². The van der Waals surface area contributed by atoms with Crippen LogP contribution in [0.2, 0.25) is 0 Å². The Bertz CT molecular complexity index is 498. The molecule has 1 N–H and O–H groups in total. The highest BCUT2D eigenvalue weighted by molar-refractivity contribution is 5.79. The van der Waals surface area contributed by atoms with Gasteiger partial charge in [0.25, 0.3) is 0 Å². The smallest absolute Gasteiger partial charge is 0.224 e. The van der Waals surface area contributed by atoms with Gasteiger partial charge in [-0.2, -0.15) is 0 Å². The Hall–Kier alpha value is -1.35. The number of hydrogen-bond donors (Lipinski definition) is 1. The first-order chi connectivity index (χ1) is 10.0. The lowest BCUT2D eigenvalue weighted by atomic mass is 9.95. The molecule has 0 bridgehead atoms. The number of nitrogens with zero attached hydrogens (tertiary/aromatic N) is 1. The maximum atomic E-state index is 12.5. The van der Waals surface area contributed by atoms with E-state index < -0.39 is 0 Å². The van der Waals surface area contributed by atoms with E-state index in [-0.39, 0.29) is 17.9 Å². The second-order valence-electron chi connectivity index (χ2n) is 6.41. The van der Waals surface area contributed by atoms with E-state index in [2.05, 4.69) is 56.2 Å². The molecule has 1 aliphatic heterocycles. The van der Waals surface area contributed by atoms with E-state index in [1.165, 1.54) is 16.7 Å². The zero-order valence-electron chi connectivity index (χ0n) is 13.8. The number of likely N-dealkylation sites (tertiary alicyclic amines) is 1. The van der Waals surface area contributed by atoms with E-state index in [0.29, 0.717) is 0 Å². The average molecular weight is 288 g/mol. The van der Waals surface area contributed by atoms with Crippen molar-refractivity contribution in [3.8, 4) is 0 Å². The summed E-state index contributed by atoms with van der Waals surface area (Å²) in [5, 5.41) is 3.25. The number of aryl methyl sites for hydroxylation is 2. The van der Waals surface area contributed by atoms with Crippen molar-refractivity contribution >= 4 is 5.91 Å². The Kier molecular flexibility index (Phi) is 5.40. The molecule has 21 heavy (non-hydrogen) atoms. The Morgan fingerprint density at radius 3 is 2.76 bits per heavy atom. The molecule has 1 saturated heterocycles. The van der Waals surface area contributed by atoms with Crippen molar-refractivity contribution < 1.29 is 4.79 Å². The van der Waals surface area contributed by atoms with Crippen LogP contribution in [0.1, 0.15) is 48.9 Å². The number of benzene rings is 1. The summed E-state index contributed by atoms with van der Waals surface area (Å²) in [6.45, 7) is 8.38. The van der Waals surface area contributed by atoms with Gasteiger partial charge in [0, 0.05) is 6.54 Å². The molecular formula is C18H28N2O. The van der Waals surface area contributed by atoms with Crippen molar-refractivity contribution in [1.82, 2.24) is 10.2 Å². The summed E-state index contributed by atoms with van der Waals surface area (Å²) in [4.78, 5) is 14.8. The minimum absolute atomic E-state index is 0.129. The van der Waals surface area contributed by atoms with Crippen LogP contribution in [-0.2, 0) is 4.79 Å². The minimum atomic E-state index is 0.129. The highest BCUT2D eigenvalue weighted by atomic mass is 16.2.